The van der Waals surface area contributed by atoms with Crippen LogP contribution < -0.4 is 4.74 Å². The highest BCUT2D eigenvalue weighted by molar-refractivity contribution is 5.31. The molecule has 0 N–H and O–H groups in total. The molecule has 1 aromatic carbocycles. The number of benzene rings is 1. The lowest BCUT2D eigenvalue weighted by molar-refractivity contribution is -0.0521. The van der Waals surface area contributed by atoms with Crippen LogP contribution in [0.5, 0.6) is 5.75 Å². The summed E-state index contributed by atoms with van der Waals surface area (Å²) < 4.78 is 16.4. The molecular weight excluding hydrogens is 254 g/mol. The molecule has 0 aromatic heterocycles. The minimum atomic E-state index is 0.00144. The quantitative estimate of drug-likeness (QED) is 0.828. The molecule has 1 aromatic rings. The Morgan fingerprint density at radius 3 is 2.95 bits per heavy atom. The van der Waals surface area contributed by atoms with E-state index in [0.29, 0.717) is 6.04 Å². The van der Waals surface area contributed by atoms with Crippen LogP contribution in [0.2, 0.25) is 0 Å². The highest BCUT2D eigenvalue weighted by atomic mass is 16.7. The van der Waals surface area contributed by atoms with E-state index in [1.807, 2.05) is 6.07 Å². The van der Waals surface area contributed by atoms with Crippen LogP contribution >= 0.6 is 0 Å². The Bertz CT molecular complexity index is 431. The van der Waals surface area contributed by atoms with E-state index in [0.717, 1.165) is 38.5 Å². The van der Waals surface area contributed by atoms with Crippen LogP contribution in [0.25, 0.3) is 0 Å². The van der Waals surface area contributed by atoms with Crippen molar-refractivity contribution in [2.45, 2.75) is 31.6 Å². The van der Waals surface area contributed by atoms with Gasteiger partial charge in [-0.25, -0.2) is 0 Å². The molecular formula is C16H23NO3. The van der Waals surface area contributed by atoms with Crippen molar-refractivity contribution < 1.29 is 14.2 Å². The SMILES string of the molecule is COc1cccc(C2CCCN2CCC2OCCO2)c1. The molecule has 2 aliphatic heterocycles. The summed E-state index contributed by atoms with van der Waals surface area (Å²) in [6.07, 6.45) is 3.44. The molecule has 0 radical (unpaired) electrons. The van der Waals surface area contributed by atoms with Gasteiger partial charge in [0.05, 0.1) is 20.3 Å². The fourth-order valence-corrected chi connectivity index (χ4v) is 3.17. The molecule has 20 heavy (non-hydrogen) atoms. The van der Waals surface area contributed by atoms with Crippen molar-refractivity contribution in [3.8, 4) is 5.75 Å². The molecule has 2 heterocycles. The van der Waals surface area contributed by atoms with Gasteiger partial charge in [-0.1, -0.05) is 12.1 Å². The largest absolute Gasteiger partial charge is 0.497 e. The zero-order valence-corrected chi connectivity index (χ0v) is 12.1. The average Bonchev–Trinajstić information content (AvgIpc) is 3.16. The molecule has 3 rings (SSSR count). The second-order valence-electron chi connectivity index (χ2n) is 5.43. The maximum Gasteiger partial charge on any atom is 0.159 e. The Morgan fingerprint density at radius 1 is 1.30 bits per heavy atom. The number of hydrogen-bond donors (Lipinski definition) is 0. The van der Waals surface area contributed by atoms with Crippen LogP contribution in [0.15, 0.2) is 24.3 Å². The summed E-state index contributed by atoms with van der Waals surface area (Å²) in [6, 6.07) is 8.95. The molecule has 4 nitrogen and oxygen atoms in total. The second-order valence-corrected chi connectivity index (χ2v) is 5.43. The van der Waals surface area contributed by atoms with Crippen molar-refractivity contribution in [1.29, 1.82) is 0 Å². The van der Waals surface area contributed by atoms with Crippen molar-refractivity contribution in [2.24, 2.45) is 0 Å². The van der Waals surface area contributed by atoms with Crippen molar-refractivity contribution in [3.05, 3.63) is 29.8 Å². The summed E-state index contributed by atoms with van der Waals surface area (Å²) in [6.45, 7) is 3.68. The van der Waals surface area contributed by atoms with Crippen LogP contribution in [-0.4, -0.2) is 44.6 Å². The summed E-state index contributed by atoms with van der Waals surface area (Å²) in [5.74, 6) is 0.941. The first-order valence-electron chi connectivity index (χ1n) is 7.48. The minimum absolute atomic E-state index is 0.00144. The lowest BCUT2D eigenvalue weighted by atomic mass is 10.0. The Morgan fingerprint density at radius 2 is 2.15 bits per heavy atom. The van der Waals surface area contributed by atoms with E-state index in [9.17, 15) is 0 Å². The average molecular weight is 277 g/mol. The van der Waals surface area contributed by atoms with Crippen molar-refractivity contribution in [3.63, 3.8) is 0 Å². The number of hydrogen-bond acceptors (Lipinski definition) is 4. The van der Waals surface area contributed by atoms with Crippen molar-refractivity contribution in [2.75, 3.05) is 33.4 Å². The molecule has 0 aliphatic carbocycles. The smallest absolute Gasteiger partial charge is 0.159 e. The van der Waals surface area contributed by atoms with E-state index in [-0.39, 0.29) is 6.29 Å². The molecule has 0 bridgehead atoms. The normalized spacial score (nSPS) is 24.4. The van der Waals surface area contributed by atoms with Crippen LogP contribution in [-0.2, 0) is 9.47 Å². The molecule has 0 saturated carbocycles. The molecule has 1 atom stereocenters. The Kier molecular flexibility index (Phi) is 4.55. The van der Waals surface area contributed by atoms with Gasteiger partial charge < -0.3 is 14.2 Å². The van der Waals surface area contributed by atoms with E-state index >= 15 is 0 Å². The number of likely N-dealkylation sites (tertiary alicyclic amines) is 1. The van der Waals surface area contributed by atoms with Crippen LogP contribution in [0.4, 0.5) is 0 Å². The van der Waals surface area contributed by atoms with Crippen molar-refractivity contribution in [1.82, 2.24) is 4.90 Å². The molecule has 1 unspecified atom stereocenters. The molecule has 110 valence electrons. The van der Waals surface area contributed by atoms with Gasteiger partial charge in [0, 0.05) is 19.0 Å². The third kappa shape index (κ3) is 3.14. The molecule has 0 amide bonds. The predicted molar refractivity (Wildman–Crippen MR) is 76.9 cm³/mol. The summed E-state index contributed by atoms with van der Waals surface area (Å²) in [7, 11) is 1.72. The maximum absolute atomic E-state index is 5.52. The molecule has 0 spiro atoms. The summed E-state index contributed by atoms with van der Waals surface area (Å²) in [5, 5.41) is 0. The van der Waals surface area contributed by atoms with Crippen LogP contribution in [0.1, 0.15) is 30.9 Å². The van der Waals surface area contributed by atoms with Gasteiger partial charge in [0.25, 0.3) is 0 Å². The zero-order valence-electron chi connectivity index (χ0n) is 12.1. The highest BCUT2D eigenvalue weighted by Crippen LogP contribution is 2.33. The molecule has 2 aliphatic rings. The number of rotatable bonds is 5. The molecule has 2 saturated heterocycles. The summed E-state index contributed by atoms with van der Waals surface area (Å²) >= 11 is 0. The van der Waals surface area contributed by atoms with Gasteiger partial charge in [0.2, 0.25) is 0 Å². The molecule has 4 heteroatoms. The van der Waals surface area contributed by atoms with Gasteiger partial charge in [-0.15, -0.1) is 0 Å². The van der Waals surface area contributed by atoms with Gasteiger partial charge in [-0.05, 0) is 37.1 Å². The third-order valence-electron chi connectivity index (χ3n) is 4.19. The van der Waals surface area contributed by atoms with Gasteiger partial charge in [-0.2, -0.15) is 0 Å². The fraction of sp³-hybridized carbons (Fsp3) is 0.625. The third-order valence-corrected chi connectivity index (χ3v) is 4.19. The summed E-state index contributed by atoms with van der Waals surface area (Å²) in [4.78, 5) is 2.54. The highest BCUT2D eigenvalue weighted by Gasteiger charge is 2.27. The van der Waals surface area contributed by atoms with Gasteiger partial charge in [0.1, 0.15) is 5.75 Å². The second kappa shape index (κ2) is 6.57. The van der Waals surface area contributed by atoms with Gasteiger partial charge in [-0.3, -0.25) is 4.90 Å². The van der Waals surface area contributed by atoms with Gasteiger partial charge in [0.15, 0.2) is 6.29 Å². The Hall–Kier alpha value is -1.10. The first-order chi connectivity index (χ1) is 9.86. The minimum Gasteiger partial charge on any atom is -0.497 e. The number of methoxy groups -OCH3 is 1. The van der Waals surface area contributed by atoms with E-state index in [4.69, 9.17) is 14.2 Å². The predicted octanol–water partition coefficient (Wildman–Crippen LogP) is 2.60. The number of ether oxygens (including phenoxy) is 3. The van der Waals surface area contributed by atoms with Crippen molar-refractivity contribution >= 4 is 0 Å². The van der Waals surface area contributed by atoms with E-state index in [1.54, 1.807) is 7.11 Å². The van der Waals surface area contributed by atoms with Crippen LogP contribution in [0, 0.1) is 0 Å². The lowest BCUT2D eigenvalue weighted by Gasteiger charge is -2.26. The molecule has 2 fully saturated rings. The van der Waals surface area contributed by atoms with E-state index in [1.165, 1.54) is 18.4 Å². The maximum atomic E-state index is 5.52. The summed E-state index contributed by atoms with van der Waals surface area (Å²) in [5.41, 5.74) is 1.36. The zero-order chi connectivity index (χ0) is 13.8. The fourth-order valence-electron chi connectivity index (χ4n) is 3.17. The monoisotopic (exact) mass is 277 g/mol. The van der Waals surface area contributed by atoms with Crippen LogP contribution in [0.3, 0.4) is 0 Å². The lowest BCUT2D eigenvalue weighted by Crippen LogP contribution is -2.27. The van der Waals surface area contributed by atoms with Gasteiger partial charge >= 0.3 is 0 Å². The van der Waals surface area contributed by atoms with E-state index < -0.39 is 0 Å². The Balaban J connectivity index is 1.61. The Labute approximate surface area is 120 Å². The van der Waals surface area contributed by atoms with E-state index in [2.05, 4.69) is 23.1 Å². The topological polar surface area (TPSA) is 30.9 Å². The standard InChI is InChI=1S/C16H23NO3/c1-18-14-5-2-4-13(12-14)15-6-3-8-17(15)9-7-16-19-10-11-20-16/h2,4-5,12,15-16H,3,6-11H2,1H3. The first-order valence-corrected chi connectivity index (χ1v) is 7.48. The first kappa shape index (κ1) is 13.9. The number of nitrogens with zero attached hydrogens (tertiary/aromatic N) is 1.